The molecule has 4 heteroatoms. The van der Waals surface area contributed by atoms with Gasteiger partial charge in [0.05, 0.1) is 19.8 Å². The molecule has 0 aliphatic carbocycles. The maximum atomic E-state index is 5.50. The van der Waals surface area contributed by atoms with Gasteiger partial charge in [0, 0.05) is 13.2 Å². The fourth-order valence-electron chi connectivity index (χ4n) is 1.85. The summed E-state index contributed by atoms with van der Waals surface area (Å²) in [5, 5.41) is 3.40. The highest BCUT2D eigenvalue weighted by Crippen LogP contribution is 2.27. The molecule has 0 bridgehead atoms. The first-order chi connectivity index (χ1) is 9.67. The van der Waals surface area contributed by atoms with Gasteiger partial charge < -0.3 is 19.5 Å². The van der Waals surface area contributed by atoms with E-state index in [4.69, 9.17) is 14.2 Å². The van der Waals surface area contributed by atoms with Crippen molar-refractivity contribution in [2.24, 2.45) is 0 Å². The second-order valence-electron chi connectivity index (χ2n) is 4.87. The Hall–Kier alpha value is -1.26. The second kappa shape index (κ2) is 9.61. The Morgan fingerprint density at radius 1 is 1.20 bits per heavy atom. The number of nitrogens with one attached hydrogen (secondary N) is 1. The van der Waals surface area contributed by atoms with Gasteiger partial charge in [-0.25, -0.2) is 0 Å². The van der Waals surface area contributed by atoms with Gasteiger partial charge in [-0.15, -0.1) is 0 Å². The molecule has 0 spiro atoms. The molecule has 1 N–H and O–H groups in total. The van der Waals surface area contributed by atoms with E-state index in [1.165, 1.54) is 5.56 Å². The summed E-state index contributed by atoms with van der Waals surface area (Å²) in [4.78, 5) is 0. The van der Waals surface area contributed by atoms with Crippen LogP contribution in [0.25, 0.3) is 0 Å². The summed E-state index contributed by atoms with van der Waals surface area (Å²) in [6.45, 7) is 9.29. The lowest BCUT2D eigenvalue weighted by molar-refractivity contribution is 0.0770. The third-order valence-corrected chi connectivity index (χ3v) is 2.81. The second-order valence-corrected chi connectivity index (χ2v) is 4.87. The third-order valence-electron chi connectivity index (χ3n) is 2.81. The Morgan fingerprint density at radius 3 is 2.65 bits per heavy atom. The molecule has 0 saturated heterocycles. The van der Waals surface area contributed by atoms with Crippen molar-refractivity contribution in [3.63, 3.8) is 0 Å². The van der Waals surface area contributed by atoms with Crippen molar-refractivity contribution in [3.8, 4) is 11.5 Å². The van der Waals surface area contributed by atoms with E-state index in [1.807, 2.05) is 19.1 Å². The van der Waals surface area contributed by atoms with E-state index in [0.717, 1.165) is 37.6 Å². The molecule has 1 rings (SSSR count). The molecule has 0 heterocycles. The molecule has 0 unspecified atom stereocenters. The first-order valence-electron chi connectivity index (χ1n) is 7.29. The number of benzene rings is 1. The van der Waals surface area contributed by atoms with E-state index in [0.29, 0.717) is 12.7 Å². The zero-order valence-electron chi connectivity index (χ0n) is 13.1. The standard InChI is InChI=1S/C16H27NO3/c1-5-19-15-8-7-14(11-16(15)18-4)12-17-9-6-10-20-13(2)3/h7-8,11,13,17H,5-6,9-10,12H2,1-4H3. The molecule has 0 atom stereocenters. The minimum absolute atomic E-state index is 0.311. The van der Waals surface area contributed by atoms with Gasteiger partial charge in [0.25, 0.3) is 0 Å². The lowest BCUT2D eigenvalue weighted by atomic mass is 10.2. The number of hydrogen-bond donors (Lipinski definition) is 1. The summed E-state index contributed by atoms with van der Waals surface area (Å²) in [5.74, 6) is 1.58. The van der Waals surface area contributed by atoms with E-state index >= 15 is 0 Å². The third kappa shape index (κ3) is 6.26. The Morgan fingerprint density at radius 2 is 2.00 bits per heavy atom. The predicted molar refractivity (Wildman–Crippen MR) is 81.6 cm³/mol. The highest BCUT2D eigenvalue weighted by molar-refractivity contribution is 5.42. The molecule has 4 nitrogen and oxygen atoms in total. The highest BCUT2D eigenvalue weighted by Gasteiger charge is 2.04. The Kier molecular flexibility index (Phi) is 8.07. The van der Waals surface area contributed by atoms with Gasteiger partial charge in [-0.05, 0) is 51.4 Å². The van der Waals surface area contributed by atoms with Crippen molar-refractivity contribution in [2.45, 2.75) is 39.8 Å². The smallest absolute Gasteiger partial charge is 0.161 e. The number of methoxy groups -OCH3 is 1. The Labute approximate surface area is 122 Å². The molecule has 1 aromatic rings. The molecule has 0 fully saturated rings. The largest absolute Gasteiger partial charge is 0.493 e. The molecular formula is C16H27NO3. The topological polar surface area (TPSA) is 39.7 Å². The van der Waals surface area contributed by atoms with Crippen LogP contribution < -0.4 is 14.8 Å². The predicted octanol–water partition coefficient (Wildman–Crippen LogP) is 3.00. The maximum Gasteiger partial charge on any atom is 0.161 e. The quantitative estimate of drug-likeness (QED) is 0.669. The van der Waals surface area contributed by atoms with Gasteiger partial charge in [-0.3, -0.25) is 0 Å². The molecule has 0 aliphatic rings. The molecule has 1 aromatic carbocycles. The Balaban J connectivity index is 2.33. The molecular weight excluding hydrogens is 254 g/mol. The lowest BCUT2D eigenvalue weighted by Gasteiger charge is -2.12. The number of hydrogen-bond acceptors (Lipinski definition) is 4. The number of rotatable bonds is 10. The molecule has 20 heavy (non-hydrogen) atoms. The summed E-state index contributed by atoms with van der Waals surface area (Å²) < 4.78 is 16.3. The van der Waals surface area contributed by atoms with Crippen LogP contribution in [0.2, 0.25) is 0 Å². The zero-order chi connectivity index (χ0) is 14.8. The average Bonchev–Trinajstić information content (AvgIpc) is 2.44. The van der Waals surface area contributed by atoms with Crippen LogP contribution in [0.5, 0.6) is 11.5 Å². The molecule has 0 radical (unpaired) electrons. The maximum absolute atomic E-state index is 5.50. The van der Waals surface area contributed by atoms with Crippen LogP contribution in [0.1, 0.15) is 32.8 Å². The van der Waals surface area contributed by atoms with Gasteiger partial charge in [0.2, 0.25) is 0 Å². The molecule has 0 amide bonds. The van der Waals surface area contributed by atoms with Crippen LogP contribution in [0.15, 0.2) is 18.2 Å². The fourth-order valence-corrected chi connectivity index (χ4v) is 1.85. The number of ether oxygens (including phenoxy) is 3. The van der Waals surface area contributed by atoms with Crippen molar-refractivity contribution in [2.75, 3.05) is 26.9 Å². The van der Waals surface area contributed by atoms with Crippen molar-refractivity contribution in [1.82, 2.24) is 5.32 Å². The van der Waals surface area contributed by atoms with Gasteiger partial charge >= 0.3 is 0 Å². The lowest BCUT2D eigenvalue weighted by Crippen LogP contribution is -2.17. The summed E-state index contributed by atoms with van der Waals surface area (Å²) in [6.07, 6.45) is 1.33. The van der Waals surface area contributed by atoms with E-state index in [9.17, 15) is 0 Å². The highest BCUT2D eigenvalue weighted by atomic mass is 16.5. The van der Waals surface area contributed by atoms with Crippen molar-refractivity contribution < 1.29 is 14.2 Å². The van der Waals surface area contributed by atoms with Gasteiger partial charge in [-0.2, -0.15) is 0 Å². The fraction of sp³-hybridized carbons (Fsp3) is 0.625. The molecule has 0 aliphatic heterocycles. The van der Waals surface area contributed by atoms with Crippen LogP contribution in [0, 0.1) is 0 Å². The minimum atomic E-state index is 0.311. The van der Waals surface area contributed by atoms with Crippen molar-refractivity contribution in [3.05, 3.63) is 23.8 Å². The van der Waals surface area contributed by atoms with Crippen LogP contribution in [-0.2, 0) is 11.3 Å². The van der Waals surface area contributed by atoms with Gasteiger partial charge in [0.15, 0.2) is 11.5 Å². The molecule has 0 aromatic heterocycles. The average molecular weight is 281 g/mol. The Bertz CT molecular complexity index is 380. The minimum Gasteiger partial charge on any atom is -0.493 e. The van der Waals surface area contributed by atoms with Crippen molar-refractivity contribution >= 4 is 0 Å². The van der Waals surface area contributed by atoms with Gasteiger partial charge in [-0.1, -0.05) is 6.07 Å². The molecule has 0 saturated carbocycles. The van der Waals surface area contributed by atoms with Crippen LogP contribution in [0.3, 0.4) is 0 Å². The van der Waals surface area contributed by atoms with E-state index in [-0.39, 0.29) is 0 Å². The summed E-state index contributed by atoms with van der Waals surface area (Å²) in [7, 11) is 1.66. The summed E-state index contributed by atoms with van der Waals surface area (Å²) in [6, 6.07) is 6.04. The monoisotopic (exact) mass is 281 g/mol. The van der Waals surface area contributed by atoms with E-state index in [1.54, 1.807) is 7.11 Å². The van der Waals surface area contributed by atoms with Crippen LogP contribution in [-0.4, -0.2) is 33.0 Å². The van der Waals surface area contributed by atoms with E-state index in [2.05, 4.69) is 25.2 Å². The van der Waals surface area contributed by atoms with Crippen LogP contribution in [0.4, 0.5) is 0 Å². The van der Waals surface area contributed by atoms with Gasteiger partial charge in [0.1, 0.15) is 0 Å². The van der Waals surface area contributed by atoms with Crippen LogP contribution >= 0.6 is 0 Å². The first kappa shape index (κ1) is 16.8. The molecule has 114 valence electrons. The van der Waals surface area contributed by atoms with E-state index < -0.39 is 0 Å². The normalized spacial score (nSPS) is 10.8. The summed E-state index contributed by atoms with van der Waals surface area (Å²) in [5.41, 5.74) is 1.19. The van der Waals surface area contributed by atoms with Crippen molar-refractivity contribution in [1.29, 1.82) is 0 Å². The summed E-state index contributed by atoms with van der Waals surface area (Å²) >= 11 is 0. The zero-order valence-corrected chi connectivity index (χ0v) is 13.1. The SMILES string of the molecule is CCOc1ccc(CNCCCOC(C)C)cc1OC. The first-order valence-corrected chi connectivity index (χ1v) is 7.29.